The molecule has 4 nitrogen and oxygen atoms in total. The van der Waals surface area contributed by atoms with E-state index < -0.39 is 28.4 Å². The fourth-order valence-corrected chi connectivity index (χ4v) is 8.51. The molecular formula is C28H33FO4S. The minimum atomic E-state index is -1.73. The van der Waals surface area contributed by atoms with E-state index in [4.69, 9.17) is 17.0 Å². The molecule has 3 fully saturated rings. The van der Waals surface area contributed by atoms with Gasteiger partial charge in [-0.05, 0) is 91.6 Å². The van der Waals surface area contributed by atoms with Crippen molar-refractivity contribution in [3.05, 3.63) is 59.1 Å². The van der Waals surface area contributed by atoms with Gasteiger partial charge in [-0.25, -0.2) is 4.39 Å². The quantitative estimate of drug-likeness (QED) is 0.475. The van der Waals surface area contributed by atoms with E-state index in [1.165, 1.54) is 6.08 Å². The number of aliphatic hydroxyl groups excluding tert-OH is 2. The number of benzene rings is 1. The summed E-state index contributed by atoms with van der Waals surface area (Å²) in [7, 11) is 0. The SMILES string of the molecule is C[C@H]1C[C@H]2[C@@H]3CCC4=CC(=O)C(O)=C(O)[C@]4(C)[C@@]3(F)CC[C@]2(C)[C@@H]1C(=S)OCc1ccccc1. The van der Waals surface area contributed by atoms with E-state index in [0.29, 0.717) is 36.5 Å². The van der Waals surface area contributed by atoms with E-state index in [1.807, 2.05) is 30.3 Å². The number of rotatable bonds is 3. The van der Waals surface area contributed by atoms with Crippen molar-refractivity contribution < 1.29 is 24.1 Å². The molecule has 1 aromatic carbocycles. The fraction of sp³-hybridized carbons (Fsp3) is 0.571. The first-order valence-corrected chi connectivity index (χ1v) is 12.7. The molecule has 4 aliphatic rings. The van der Waals surface area contributed by atoms with Crippen molar-refractivity contribution in [1.82, 2.24) is 0 Å². The van der Waals surface area contributed by atoms with Gasteiger partial charge < -0.3 is 14.9 Å². The summed E-state index contributed by atoms with van der Waals surface area (Å²) in [5.41, 5.74) is -1.64. The zero-order chi connectivity index (χ0) is 24.5. The van der Waals surface area contributed by atoms with Gasteiger partial charge in [0.15, 0.2) is 10.8 Å². The number of ether oxygens (including phenoxy) is 1. The number of alkyl halides is 1. The Bertz CT molecular complexity index is 1100. The number of allylic oxidation sites excluding steroid dienone is 2. The molecule has 6 heteroatoms. The van der Waals surface area contributed by atoms with Gasteiger partial charge in [-0.3, -0.25) is 4.79 Å². The van der Waals surface area contributed by atoms with Crippen LogP contribution in [0.3, 0.4) is 0 Å². The lowest BCUT2D eigenvalue weighted by atomic mass is 9.45. The van der Waals surface area contributed by atoms with E-state index in [2.05, 4.69) is 13.8 Å². The van der Waals surface area contributed by atoms with Crippen molar-refractivity contribution in [3.63, 3.8) is 0 Å². The van der Waals surface area contributed by atoms with Crippen LogP contribution in [-0.2, 0) is 16.1 Å². The minimum absolute atomic E-state index is 0.0518. The molecule has 0 aromatic heterocycles. The molecule has 182 valence electrons. The Balaban J connectivity index is 1.44. The molecule has 2 N–H and O–H groups in total. The Morgan fingerprint density at radius 3 is 2.59 bits per heavy atom. The van der Waals surface area contributed by atoms with E-state index in [-0.39, 0.29) is 35.5 Å². The van der Waals surface area contributed by atoms with Crippen molar-refractivity contribution in [2.75, 3.05) is 0 Å². The van der Waals surface area contributed by atoms with Crippen molar-refractivity contribution in [3.8, 4) is 0 Å². The number of hydrogen-bond acceptors (Lipinski definition) is 5. The minimum Gasteiger partial charge on any atom is -0.507 e. The average molecular weight is 485 g/mol. The second-order valence-electron chi connectivity index (χ2n) is 11.3. The molecule has 0 bridgehead atoms. The molecule has 7 atom stereocenters. The Morgan fingerprint density at radius 2 is 1.88 bits per heavy atom. The van der Waals surface area contributed by atoms with E-state index in [9.17, 15) is 15.0 Å². The maximum atomic E-state index is 17.2. The Morgan fingerprint density at radius 1 is 1.18 bits per heavy atom. The lowest BCUT2D eigenvalue weighted by molar-refractivity contribution is -0.139. The second kappa shape index (κ2) is 7.91. The molecule has 0 aliphatic heterocycles. The number of aliphatic hydroxyl groups is 2. The van der Waals surface area contributed by atoms with Crippen molar-refractivity contribution >= 4 is 23.1 Å². The Labute approximate surface area is 205 Å². The molecule has 1 aromatic rings. The van der Waals surface area contributed by atoms with Crippen LogP contribution < -0.4 is 0 Å². The Kier molecular flexibility index (Phi) is 5.47. The van der Waals surface area contributed by atoms with Crippen LogP contribution in [0.1, 0.15) is 58.4 Å². The first kappa shape index (κ1) is 23.5. The highest BCUT2D eigenvalue weighted by Gasteiger charge is 2.70. The molecule has 0 radical (unpaired) electrons. The number of hydrogen-bond donors (Lipinski definition) is 2. The van der Waals surface area contributed by atoms with Gasteiger partial charge in [0.05, 0.1) is 5.41 Å². The second-order valence-corrected chi connectivity index (χ2v) is 11.7. The van der Waals surface area contributed by atoms with Crippen LogP contribution in [0.25, 0.3) is 0 Å². The highest BCUT2D eigenvalue weighted by atomic mass is 32.1. The van der Waals surface area contributed by atoms with Crippen LogP contribution in [0.2, 0.25) is 0 Å². The first-order valence-electron chi connectivity index (χ1n) is 12.3. The summed E-state index contributed by atoms with van der Waals surface area (Å²) >= 11 is 5.82. The average Bonchev–Trinajstić information content (AvgIpc) is 3.09. The maximum absolute atomic E-state index is 17.2. The topological polar surface area (TPSA) is 66.8 Å². The van der Waals surface area contributed by atoms with Gasteiger partial charge in [0.25, 0.3) is 0 Å². The normalized spacial score (nSPS) is 41.3. The van der Waals surface area contributed by atoms with Gasteiger partial charge in [-0.2, -0.15) is 0 Å². The van der Waals surface area contributed by atoms with E-state index in [0.717, 1.165) is 12.0 Å². The number of carbonyl (C=O) groups excluding carboxylic acids is 1. The summed E-state index contributed by atoms with van der Waals surface area (Å²) in [5, 5.41) is 21.7. The molecule has 34 heavy (non-hydrogen) atoms. The maximum Gasteiger partial charge on any atom is 0.223 e. The summed E-state index contributed by atoms with van der Waals surface area (Å²) in [5.74, 6) is -1.76. The number of thiocarbonyl (C=S) groups is 1. The summed E-state index contributed by atoms with van der Waals surface area (Å²) in [6, 6.07) is 9.96. The van der Waals surface area contributed by atoms with E-state index in [1.54, 1.807) is 6.92 Å². The van der Waals surface area contributed by atoms with Gasteiger partial charge in [-0.15, -0.1) is 0 Å². The smallest absolute Gasteiger partial charge is 0.223 e. The van der Waals surface area contributed by atoms with Gasteiger partial charge in [0.2, 0.25) is 11.5 Å². The predicted octanol–water partition coefficient (Wildman–Crippen LogP) is 6.56. The van der Waals surface area contributed by atoms with Crippen LogP contribution in [0.15, 0.2) is 53.5 Å². The molecule has 0 saturated heterocycles. The van der Waals surface area contributed by atoms with Crippen molar-refractivity contribution in [1.29, 1.82) is 0 Å². The van der Waals surface area contributed by atoms with Gasteiger partial charge in [0, 0.05) is 5.92 Å². The summed E-state index contributed by atoms with van der Waals surface area (Å²) in [4.78, 5) is 12.1. The molecule has 0 spiro atoms. The largest absolute Gasteiger partial charge is 0.507 e. The summed E-state index contributed by atoms with van der Waals surface area (Å²) < 4.78 is 23.3. The highest BCUT2D eigenvalue weighted by molar-refractivity contribution is 7.80. The number of ketones is 1. The standard InChI is InChI=1S/C28H33FO4S/c1-16-13-20-19-10-9-18-14-21(30)23(31)24(32)27(18,3)28(19,29)12-11-26(20,2)22(16)25(34)33-15-17-7-5-4-6-8-17/h4-8,14,16,19-20,22,31-32H,9-13,15H2,1-3H3/t16-,19-,20-,22-,26-,27+,28+/m0/s1. The number of fused-ring (bicyclic) bond motifs is 5. The van der Waals surface area contributed by atoms with E-state index >= 15 is 4.39 Å². The van der Waals surface area contributed by atoms with Crippen LogP contribution in [-0.4, -0.2) is 26.7 Å². The van der Waals surface area contributed by atoms with Crippen molar-refractivity contribution in [2.45, 2.75) is 65.2 Å². The highest BCUT2D eigenvalue weighted by Crippen LogP contribution is 2.70. The van der Waals surface area contributed by atoms with Crippen LogP contribution in [0.5, 0.6) is 0 Å². The lowest BCUT2D eigenvalue weighted by Gasteiger charge is -2.60. The number of halogens is 1. The lowest BCUT2D eigenvalue weighted by Crippen LogP contribution is -2.61. The zero-order valence-corrected chi connectivity index (χ0v) is 20.8. The molecule has 0 amide bonds. The molecule has 0 heterocycles. The van der Waals surface area contributed by atoms with Gasteiger partial charge >= 0.3 is 0 Å². The van der Waals surface area contributed by atoms with Gasteiger partial charge in [-0.1, -0.05) is 44.2 Å². The predicted molar refractivity (Wildman–Crippen MR) is 132 cm³/mol. The third-order valence-corrected chi connectivity index (χ3v) is 10.1. The van der Waals surface area contributed by atoms with Gasteiger partial charge in [0.1, 0.15) is 12.3 Å². The molecule has 3 saturated carbocycles. The fourth-order valence-electron chi connectivity index (χ4n) is 7.95. The molecular weight excluding hydrogens is 451 g/mol. The summed E-state index contributed by atoms with van der Waals surface area (Å²) in [6.07, 6.45) is 4.20. The van der Waals surface area contributed by atoms with Crippen molar-refractivity contribution in [2.24, 2.45) is 34.5 Å². The first-order chi connectivity index (χ1) is 16.0. The summed E-state index contributed by atoms with van der Waals surface area (Å²) in [6.45, 7) is 6.51. The van der Waals surface area contributed by atoms with Crippen LogP contribution in [0, 0.1) is 34.5 Å². The third kappa shape index (κ3) is 3.06. The Hall–Kier alpha value is -2.21. The monoisotopic (exact) mass is 484 g/mol. The van der Waals surface area contributed by atoms with Crippen LogP contribution in [0.4, 0.5) is 4.39 Å². The number of carbonyl (C=O) groups is 1. The zero-order valence-electron chi connectivity index (χ0n) is 20.0. The van der Waals surface area contributed by atoms with Crippen LogP contribution >= 0.6 is 12.2 Å². The molecule has 0 unspecified atom stereocenters. The third-order valence-electron chi connectivity index (χ3n) is 9.77. The molecule has 4 aliphatic carbocycles. The molecule has 5 rings (SSSR count).